The standard InChI is InChI=1S/C14H20N2S/c1-3-11(2)9-15-14-16-10-13(17-14)12-7-5-4-6-8-12/h4-8,11,13H,3,9-10H2,1-2H3,(H,15,16). The van der Waals surface area contributed by atoms with Gasteiger partial charge in [-0.2, -0.15) is 0 Å². The van der Waals surface area contributed by atoms with Crippen molar-refractivity contribution in [1.29, 1.82) is 0 Å². The van der Waals surface area contributed by atoms with Crippen LogP contribution >= 0.6 is 11.8 Å². The molecular formula is C14H20N2S. The smallest absolute Gasteiger partial charge is 0.157 e. The van der Waals surface area contributed by atoms with Crippen LogP contribution in [0.2, 0.25) is 0 Å². The third-order valence-electron chi connectivity index (χ3n) is 3.12. The number of thioether (sulfide) groups is 1. The Bertz CT molecular complexity index is 375. The quantitative estimate of drug-likeness (QED) is 0.882. The molecule has 1 aromatic rings. The van der Waals surface area contributed by atoms with Crippen molar-refractivity contribution >= 4 is 16.9 Å². The number of hydrogen-bond acceptors (Lipinski definition) is 3. The van der Waals surface area contributed by atoms with E-state index in [1.54, 1.807) is 0 Å². The SMILES string of the molecule is CCC(C)CNC1=NCC(c2ccccc2)S1. The first-order valence-electron chi connectivity index (χ1n) is 6.29. The molecule has 0 aromatic heterocycles. The Hall–Kier alpha value is -0.960. The van der Waals surface area contributed by atoms with E-state index in [4.69, 9.17) is 0 Å². The Kier molecular flexibility index (Phi) is 4.49. The zero-order chi connectivity index (χ0) is 12.1. The van der Waals surface area contributed by atoms with Crippen molar-refractivity contribution in [3.05, 3.63) is 35.9 Å². The second-order valence-corrected chi connectivity index (χ2v) is 5.75. The summed E-state index contributed by atoms with van der Waals surface area (Å²) in [5, 5.41) is 5.05. The molecule has 17 heavy (non-hydrogen) atoms. The highest BCUT2D eigenvalue weighted by Crippen LogP contribution is 2.34. The van der Waals surface area contributed by atoms with Crippen LogP contribution in [-0.2, 0) is 0 Å². The van der Waals surface area contributed by atoms with Crippen LogP contribution in [-0.4, -0.2) is 18.3 Å². The number of rotatable bonds is 4. The van der Waals surface area contributed by atoms with Gasteiger partial charge in [-0.05, 0) is 11.5 Å². The second-order valence-electron chi connectivity index (χ2n) is 4.56. The van der Waals surface area contributed by atoms with E-state index >= 15 is 0 Å². The van der Waals surface area contributed by atoms with Crippen LogP contribution < -0.4 is 5.32 Å². The van der Waals surface area contributed by atoms with E-state index in [1.165, 1.54) is 12.0 Å². The van der Waals surface area contributed by atoms with Crippen LogP contribution in [0.15, 0.2) is 35.3 Å². The first-order valence-corrected chi connectivity index (χ1v) is 7.17. The van der Waals surface area contributed by atoms with Crippen molar-refractivity contribution in [1.82, 2.24) is 5.32 Å². The molecule has 0 spiro atoms. The molecule has 0 amide bonds. The molecule has 0 radical (unpaired) electrons. The number of benzene rings is 1. The fourth-order valence-corrected chi connectivity index (χ4v) is 2.75. The van der Waals surface area contributed by atoms with Gasteiger partial charge in [0.2, 0.25) is 0 Å². The van der Waals surface area contributed by atoms with Crippen molar-refractivity contribution in [2.24, 2.45) is 10.9 Å². The summed E-state index contributed by atoms with van der Waals surface area (Å²) in [6, 6.07) is 10.6. The lowest BCUT2D eigenvalue weighted by Crippen LogP contribution is -2.24. The van der Waals surface area contributed by atoms with Crippen LogP contribution in [0, 0.1) is 5.92 Å². The van der Waals surface area contributed by atoms with Gasteiger partial charge < -0.3 is 5.32 Å². The predicted molar refractivity (Wildman–Crippen MR) is 76.5 cm³/mol. The molecule has 0 bridgehead atoms. The van der Waals surface area contributed by atoms with Crippen LogP contribution in [0.25, 0.3) is 0 Å². The minimum absolute atomic E-state index is 0.496. The average molecular weight is 248 g/mol. The van der Waals surface area contributed by atoms with Gasteiger partial charge in [0.1, 0.15) is 0 Å². The van der Waals surface area contributed by atoms with Gasteiger partial charge in [0, 0.05) is 6.54 Å². The summed E-state index contributed by atoms with van der Waals surface area (Å²) in [5.41, 5.74) is 1.38. The molecule has 2 atom stereocenters. The van der Waals surface area contributed by atoms with Crippen LogP contribution in [0.3, 0.4) is 0 Å². The fraction of sp³-hybridized carbons (Fsp3) is 0.500. The molecule has 1 aromatic carbocycles. The molecule has 2 unspecified atom stereocenters. The first-order chi connectivity index (χ1) is 8.29. The lowest BCUT2D eigenvalue weighted by atomic mass is 10.1. The van der Waals surface area contributed by atoms with Gasteiger partial charge in [0.05, 0.1) is 11.8 Å². The Labute approximate surface area is 108 Å². The first kappa shape index (κ1) is 12.5. The number of hydrogen-bond donors (Lipinski definition) is 1. The van der Waals surface area contributed by atoms with E-state index in [-0.39, 0.29) is 0 Å². The molecule has 0 saturated carbocycles. The van der Waals surface area contributed by atoms with Gasteiger partial charge in [-0.1, -0.05) is 62.4 Å². The molecule has 2 rings (SSSR count). The maximum absolute atomic E-state index is 4.57. The molecule has 2 nitrogen and oxygen atoms in total. The third kappa shape index (κ3) is 3.50. The summed E-state index contributed by atoms with van der Waals surface area (Å²) in [4.78, 5) is 4.57. The lowest BCUT2D eigenvalue weighted by Gasteiger charge is -2.12. The number of nitrogens with one attached hydrogen (secondary N) is 1. The maximum Gasteiger partial charge on any atom is 0.157 e. The molecular weight excluding hydrogens is 228 g/mol. The number of amidine groups is 1. The number of nitrogens with zero attached hydrogens (tertiary/aromatic N) is 1. The molecule has 1 N–H and O–H groups in total. The monoisotopic (exact) mass is 248 g/mol. The third-order valence-corrected chi connectivity index (χ3v) is 4.33. The zero-order valence-corrected chi connectivity index (χ0v) is 11.3. The fourth-order valence-electron chi connectivity index (χ4n) is 1.72. The van der Waals surface area contributed by atoms with Crippen molar-refractivity contribution in [2.45, 2.75) is 25.5 Å². The van der Waals surface area contributed by atoms with Gasteiger partial charge in [0.15, 0.2) is 5.17 Å². The lowest BCUT2D eigenvalue weighted by molar-refractivity contribution is 0.550. The van der Waals surface area contributed by atoms with Gasteiger partial charge in [-0.25, -0.2) is 0 Å². The average Bonchev–Trinajstić information content (AvgIpc) is 2.86. The van der Waals surface area contributed by atoms with E-state index in [9.17, 15) is 0 Å². The zero-order valence-electron chi connectivity index (χ0n) is 10.5. The summed E-state index contributed by atoms with van der Waals surface area (Å²) in [6.07, 6.45) is 1.22. The van der Waals surface area contributed by atoms with Crippen LogP contribution in [0.5, 0.6) is 0 Å². The van der Waals surface area contributed by atoms with Gasteiger partial charge in [-0.3, -0.25) is 4.99 Å². The summed E-state index contributed by atoms with van der Waals surface area (Å²) in [7, 11) is 0. The van der Waals surface area contributed by atoms with Crippen molar-refractivity contribution in [3.8, 4) is 0 Å². The summed E-state index contributed by atoms with van der Waals surface area (Å²) >= 11 is 1.86. The summed E-state index contributed by atoms with van der Waals surface area (Å²) in [6.45, 7) is 6.42. The summed E-state index contributed by atoms with van der Waals surface area (Å²) < 4.78 is 0. The Balaban J connectivity index is 1.83. The van der Waals surface area contributed by atoms with E-state index in [1.807, 2.05) is 11.8 Å². The number of aliphatic imine (C=N–C) groups is 1. The van der Waals surface area contributed by atoms with Crippen molar-refractivity contribution in [2.75, 3.05) is 13.1 Å². The van der Waals surface area contributed by atoms with E-state index < -0.39 is 0 Å². The highest BCUT2D eigenvalue weighted by molar-refractivity contribution is 8.14. The van der Waals surface area contributed by atoms with Crippen molar-refractivity contribution < 1.29 is 0 Å². The predicted octanol–water partition coefficient (Wildman–Crippen LogP) is 3.47. The largest absolute Gasteiger partial charge is 0.365 e. The van der Waals surface area contributed by atoms with Gasteiger partial charge in [-0.15, -0.1) is 0 Å². The molecule has 1 heterocycles. The Morgan fingerprint density at radius 1 is 1.41 bits per heavy atom. The molecule has 0 saturated heterocycles. The minimum Gasteiger partial charge on any atom is -0.365 e. The topological polar surface area (TPSA) is 24.4 Å². The summed E-state index contributed by atoms with van der Waals surface area (Å²) in [5.74, 6) is 0.717. The minimum atomic E-state index is 0.496. The molecule has 1 aliphatic rings. The molecule has 1 aliphatic heterocycles. The van der Waals surface area contributed by atoms with Gasteiger partial charge in [0.25, 0.3) is 0 Å². The molecule has 3 heteroatoms. The van der Waals surface area contributed by atoms with Crippen molar-refractivity contribution in [3.63, 3.8) is 0 Å². The molecule has 0 fully saturated rings. The molecule has 0 aliphatic carbocycles. The van der Waals surface area contributed by atoms with Crippen LogP contribution in [0.1, 0.15) is 31.1 Å². The van der Waals surface area contributed by atoms with Gasteiger partial charge >= 0.3 is 0 Å². The van der Waals surface area contributed by atoms with E-state index in [0.29, 0.717) is 11.2 Å². The Morgan fingerprint density at radius 2 is 2.18 bits per heavy atom. The Morgan fingerprint density at radius 3 is 2.88 bits per heavy atom. The highest BCUT2D eigenvalue weighted by Gasteiger charge is 2.20. The highest BCUT2D eigenvalue weighted by atomic mass is 32.2. The van der Waals surface area contributed by atoms with E-state index in [0.717, 1.165) is 18.3 Å². The second kappa shape index (κ2) is 6.10. The molecule has 92 valence electrons. The van der Waals surface area contributed by atoms with E-state index in [2.05, 4.69) is 54.5 Å². The van der Waals surface area contributed by atoms with Crippen LogP contribution in [0.4, 0.5) is 0 Å². The normalized spacial score (nSPS) is 21.1. The maximum atomic E-state index is 4.57.